The molecule has 2 heterocycles. The Morgan fingerprint density at radius 2 is 2.17 bits per heavy atom. The summed E-state index contributed by atoms with van der Waals surface area (Å²) in [4.78, 5) is 17.9. The van der Waals surface area contributed by atoms with Crippen molar-refractivity contribution in [3.05, 3.63) is 41.9 Å². The first-order valence-corrected chi connectivity index (χ1v) is 7.07. The van der Waals surface area contributed by atoms with Crippen molar-refractivity contribution in [1.29, 1.82) is 10.8 Å². The van der Waals surface area contributed by atoms with Crippen LogP contribution in [0.1, 0.15) is 29.9 Å². The normalized spacial score (nSPS) is 10.4. The van der Waals surface area contributed by atoms with E-state index in [4.69, 9.17) is 10.8 Å². The molecule has 0 aromatic carbocycles. The monoisotopic (exact) mass is 313 g/mol. The van der Waals surface area contributed by atoms with Crippen LogP contribution in [0.4, 0.5) is 5.82 Å². The molecule has 2 rings (SSSR count). The lowest BCUT2D eigenvalue weighted by atomic mass is 10.2. The lowest BCUT2D eigenvalue weighted by Crippen LogP contribution is -2.36. The number of nitrogens with zero attached hydrogens (tertiary/aromatic N) is 4. The first kappa shape index (κ1) is 16.3. The molecule has 23 heavy (non-hydrogen) atoms. The van der Waals surface area contributed by atoms with Crippen molar-refractivity contribution < 1.29 is 4.79 Å². The van der Waals surface area contributed by atoms with Crippen LogP contribution < -0.4 is 5.32 Å². The van der Waals surface area contributed by atoms with Gasteiger partial charge in [0, 0.05) is 19.3 Å². The van der Waals surface area contributed by atoms with Gasteiger partial charge in [-0.15, -0.1) is 0 Å². The minimum atomic E-state index is -0.318. The summed E-state index contributed by atoms with van der Waals surface area (Å²) in [5, 5.41) is 22.2. The Bertz CT molecular complexity index is 735. The smallest absolute Gasteiger partial charge is 0.260 e. The van der Waals surface area contributed by atoms with E-state index in [-0.39, 0.29) is 17.8 Å². The third-order valence-corrected chi connectivity index (χ3v) is 3.15. The molecule has 0 bridgehead atoms. The second-order valence-corrected chi connectivity index (χ2v) is 5.24. The molecule has 0 unspecified atom stereocenters. The highest BCUT2D eigenvalue weighted by molar-refractivity contribution is 6.04. The SMILES string of the molecule is CC(C)N(C=N)C(=N)c1cccc(NC(=O)c2cnn(C)c2)n1. The highest BCUT2D eigenvalue weighted by Gasteiger charge is 2.15. The van der Waals surface area contributed by atoms with Gasteiger partial charge in [0.2, 0.25) is 0 Å². The number of amides is 1. The van der Waals surface area contributed by atoms with Gasteiger partial charge in [-0.2, -0.15) is 5.10 Å². The van der Waals surface area contributed by atoms with Crippen LogP contribution in [0.15, 0.2) is 30.6 Å². The summed E-state index contributed by atoms with van der Waals surface area (Å²) >= 11 is 0. The van der Waals surface area contributed by atoms with E-state index >= 15 is 0 Å². The molecular weight excluding hydrogens is 294 g/mol. The van der Waals surface area contributed by atoms with Gasteiger partial charge >= 0.3 is 0 Å². The van der Waals surface area contributed by atoms with Gasteiger partial charge in [-0.25, -0.2) is 4.98 Å². The second kappa shape index (κ2) is 6.82. The predicted molar refractivity (Wildman–Crippen MR) is 88.0 cm³/mol. The van der Waals surface area contributed by atoms with E-state index in [9.17, 15) is 4.79 Å². The molecule has 8 nitrogen and oxygen atoms in total. The fraction of sp³-hybridized carbons (Fsp3) is 0.267. The predicted octanol–water partition coefficient (Wildman–Crippen LogP) is 1.71. The number of rotatable bonds is 5. The van der Waals surface area contributed by atoms with Crippen LogP contribution >= 0.6 is 0 Å². The number of carbonyl (C=O) groups excluding carboxylic acids is 1. The van der Waals surface area contributed by atoms with E-state index in [1.807, 2.05) is 13.8 Å². The van der Waals surface area contributed by atoms with E-state index in [2.05, 4.69) is 15.4 Å². The van der Waals surface area contributed by atoms with Gasteiger partial charge in [-0.1, -0.05) is 6.07 Å². The topological polar surface area (TPSA) is 111 Å². The number of carbonyl (C=O) groups is 1. The Morgan fingerprint density at radius 3 is 2.74 bits per heavy atom. The molecule has 0 aliphatic carbocycles. The zero-order valence-corrected chi connectivity index (χ0v) is 13.2. The number of aromatic nitrogens is 3. The zero-order valence-electron chi connectivity index (χ0n) is 13.2. The Hall–Kier alpha value is -3.03. The summed E-state index contributed by atoms with van der Waals surface area (Å²) in [6, 6.07) is 4.99. The fourth-order valence-corrected chi connectivity index (χ4v) is 1.97. The van der Waals surface area contributed by atoms with Crippen LogP contribution in [0.5, 0.6) is 0 Å². The fourth-order valence-electron chi connectivity index (χ4n) is 1.97. The first-order valence-electron chi connectivity index (χ1n) is 7.07. The average Bonchev–Trinajstić information content (AvgIpc) is 2.94. The van der Waals surface area contributed by atoms with Crippen molar-refractivity contribution in [3.8, 4) is 0 Å². The molecule has 0 atom stereocenters. The van der Waals surface area contributed by atoms with Gasteiger partial charge in [0.05, 0.1) is 18.1 Å². The number of nitrogens with one attached hydrogen (secondary N) is 3. The molecule has 0 aliphatic rings. The maximum absolute atomic E-state index is 12.1. The van der Waals surface area contributed by atoms with Gasteiger partial charge in [0.1, 0.15) is 11.5 Å². The van der Waals surface area contributed by atoms with Crippen molar-refractivity contribution >= 4 is 23.9 Å². The Morgan fingerprint density at radius 1 is 1.43 bits per heavy atom. The molecule has 120 valence electrons. The minimum Gasteiger partial charge on any atom is -0.314 e. The third-order valence-electron chi connectivity index (χ3n) is 3.15. The summed E-state index contributed by atoms with van der Waals surface area (Å²) in [6.07, 6.45) is 4.17. The molecule has 8 heteroatoms. The van der Waals surface area contributed by atoms with E-state index in [0.29, 0.717) is 17.1 Å². The molecule has 0 fully saturated rings. The molecular formula is C15H19N7O. The van der Waals surface area contributed by atoms with Gasteiger partial charge in [-0.3, -0.25) is 20.3 Å². The molecule has 2 aromatic heterocycles. The lowest BCUT2D eigenvalue weighted by molar-refractivity contribution is 0.102. The quantitative estimate of drug-likeness (QED) is 0.576. The highest BCUT2D eigenvalue weighted by atomic mass is 16.1. The van der Waals surface area contributed by atoms with Crippen molar-refractivity contribution in [2.24, 2.45) is 7.05 Å². The van der Waals surface area contributed by atoms with Gasteiger partial charge < -0.3 is 10.2 Å². The standard InChI is InChI=1S/C15H19N7O/c1-10(2)22(9-16)14(17)12-5-4-6-13(19-12)20-15(23)11-7-18-21(3)8-11/h4-10,16-17H,1-3H3,(H,19,20,23). The summed E-state index contributed by atoms with van der Waals surface area (Å²) in [5.41, 5.74) is 0.810. The molecule has 3 N–H and O–H groups in total. The van der Waals surface area contributed by atoms with Crippen LogP contribution in [-0.4, -0.2) is 43.8 Å². The average molecular weight is 313 g/mol. The van der Waals surface area contributed by atoms with E-state index < -0.39 is 0 Å². The van der Waals surface area contributed by atoms with E-state index in [1.54, 1.807) is 36.1 Å². The minimum absolute atomic E-state index is 0.0320. The van der Waals surface area contributed by atoms with Crippen LogP contribution in [0.25, 0.3) is 0 Å². The van der Waals surface area contributed by atoms with Crippen LogP contribution in [0.2, 0.25) is 0 Å². The first-order chi connectivity index (χ1) is 10.9. The number of hydrogen-bond donors (Lipinski definition) is 3. The molecule has 0 spiro atoms. The summed E-state index contributed by atoms with van der Waals surface area (Å²) in [5.74, 6) is 0.129. The molecule has 1 amide bonds. The van der Waals surface area contributed by atoms with Crippen LogP contribution in [0.3, 0.4) is 0 Å². The maximum Gasteiger partial charge on any atom is 0.260 e. The number of pyridine rings is 1. The summed E-state index contributed by atoms with van der Waals surface area (Å²) in [6.45, 7) is 3.77. The zero-order chi connectivity index (χ0) is 17.0. The maximum atomic E-state index is 12.1. The Labute approximate surface area is 134 Å². The molecule has 0 saturated carbocycles. The third kappa shape index (κ3) is 3.79. The Balaban J connectivity index is 2.18. The van der Waals surface area contributed by atoms with Crippen LogP contribution in [-0.2, 0) is 7.05 Å². The lowest BCUT2D eigenvalue weighted by Gasteiger charge is -2.23. The van der Waals surface area contributed by atoms with Crippen molar-refractivity contribution in [2.45, 2.75) is 19.9 Å². The molecule has 0 radical (unpaired) electrons. The van der Waals surface area contributed by atoms with E-state index in [1.165, 1.54) is 11.1 Å². The highest BCUT2D eigenvalue weighted by Crippen LogP contribution is 2.10. The molecule has 0 aliphatic heterocycles. The van der Waals surface area contributed by atoms with Crippen molar-refractivity contribution in [3.63, 3.8) is 0 Å². The number of anilines is 1. The largest absolute Gasteiger partial charge is 0.314 e. The van der Waals surface area contributed by atoms with Gasteiger partial charge in [0.25, 0.3) is 5.91 Å². The van der Waals surface area contributed by atoms with Gasteiger partial charge in [0.15, 0.2) is 5.84 Å². The van der Waals surface area contributed by atoms with E-state index in [0.717, 1.165) is 6.34 Å². The second-order valence-electron chi connectivity index (χ2n) is 5.24. The Kier molecular flexibility index (Phi) is 4.85. The molecule has 0 saturated heterocycles. The van der Waals surface area contributed by atoms with Crippen molar-refractivity contribution in [2.75, 3.05) is 5.32 Å². The number of aryl methyl sites for hydroxylation is 1. The summed E-state index contributed by atoms with van der Waals surface area (Å²) in [7, 11) is 1.73. The van der Waals surface area contributed by atoms with Crippen LogP contribution in [0, 0.1) is 10.8 Å². The summed E-state index contributed by atoms with van der Waals surface area (Å²) < 4.78 is 1.54. The number of hydrogen-bond acceptors (Lipinski definition) is 5. The van der Waals surface area contributed by atoms with Gasteiger partial charge in [-0.05, 0) is 26.0 Å². The molecule has 2 aromatic rings. The van der Waals surface area contributed by atoms with Crippen molar-refractivity contribution in [1.82, 2.24) is 19.7 Å². The number of amidine groups is 1.